The summed E-state index contributed by atoms with van der Waals surface area (Å²) >= 11 is 1.54. The van der Waals surface area contributed by atoms with E-state index < -0.39 is 0 Å². The van der Waals surface area contributed by atoms with Gasteiger partial charge in [0.05, 0.1) is 23.4 Å². The van der Waals surface area contributed by atoms with Gasteiger partial charge in [0.2, 0.25) is 5.91 Å². The first-order valence-corrected chi connectivity index (χ1v) is 8.59. The van der Waals surface area contributed by atoms with Crippen LogP contribution in [0.3, 0.4) is 0 Å². The predicted octanol–water partition coefficient (Wildman–Crippen LogP) is 3.13. The molecule has 1 aromatic carbocycles. The summed E-state index contributed by atoms with van der Waals surface area (Å²) < 4.78 is 18.4. The van der Waals surface area contributed by atoms with Crippen LogP contribution in [0.1, 0.15) is 18.4 Å². The smallest absolute Gasteiger partial charge is 0.223 e. The quantitative estimate of drug-likeness (QED) is 0.863. The molecule has 0 aliphatic carbocycles. The number of aromatic nitrogens is 1. The minimum atomic E-state index is -0.255. The van der Waals surface area contributed by atoms with Gasteiger partial charge in [0.25, 0.3) is 0 Å². The van der Waals surface area contributed by atoms with E-state index >= 15 is 0 Å². The summed E-state index contributed by atoms with van der Waals surface area (Å²) in [6.07, 6.45) is 1.21. The molecule has 1 saturated heterocycles. The molecule has 1 atom stereocenters. The predicted molar refractivity (Wildman–Crippen MR) is 87.8 cm³/mol. The van der Waals surface area contributed by atoms with Gasteiger partial charge in [-0.15, -0.1) is 11.3 Å². The zero-order valence-electron chi connectivity index (χ0n) is 13.0. The summed E-state index contributed by atoms with van der Waals surface area (Å²) in [5.74, 6) is -0.103. The zero-order valence-corrected chi connectivity index (χ0v) is 13.8. The molecule has 2 heterocycles. The van der Waals surface area contributed by atoms with E-state index in [-0.39, 0.29) is 17.8 Å². The van der Waals surface area contributed by atoms with E-state index in [1.807, 2.05) is 17.2 Å². The molecule has 2 aromatic rings. The molecule has 122 valence electrons. The molecule has 1 fully saturated rings. The van der Waals surface area contributed by atoms with Crippen LogP contribution in [0.15, 0.2) is 29.6 Å². The van der Waals surface area contributed by atoms with E-state index in [2.05, 4.69) is 4.98 Å². The standard InChI is InChI=1S/C17H19FN2O2S/c1-12-10-20(8-9-22-12)17(21)7-6-16-19-15(11-23-16)13-2-4-14(18)5-3-13/h2-5,11-12H,6-10H2,1H3. The van der Waals surface area contributed by atoms with Crippen LogP contribution >= 0.6 is 11.3 Å². The van der Waals surface area contributed by atoms with Gasteiger partial charge in [-0.2, -0.15) is 0 Å². The average Bonchev–Trinajstić information content (AvgIpc) is 3.02. The first-order valence-electron chi connectivity index (χ1n) is 7.71. The number of morpholine rings is 1. The molecule has 0 N–H and O–H groups in total. The summed E-state index contributed by atoms with van der Waals surface area (Å²) in [4.78, 5) is 18.6. The second kappa shape index (κ2) is 7.19. The summed E-state index contributed by atoms with van der Waals surface area (Å²) in [5.41, 5.74) is 1.72. The van der Waals surface area contributed by atoms with Crippen LogP contribution in [0.5, 0.6) is 0 Å². The lowest BCUT2D eigenvalue weighted by Crippen LogP contribution is -2.44. The number of benzene rings is 1. The van der Waals surface area contributed by atoms with E-state index in [0.717, 1.165) is 16.3 Å². The lowest BCUT2D eigenvalue weighted by atomic mass is 10.2. The molecule has 1 aliphatic heterocycles. The second-order valence-electron chi connectivity index (χ2n) is 5.65. The van der Waals surface area contributed by atoms with Crippen LogP contribution in [0.4, 0.5) is 4.39 Å². The Balaban J connectivity index is 1.56. The Morgan fingerprint density at radius 3 is 2.96 bits per heavy atom. The Morgan fingerprint density at radius 2 is 2.22 bits per heavy atom. The molecule has 0 bridgehead atoms. The highest BCUT2D eigenvalue weighted by Crippen LogP contribution is 2.23. The number of aryl methyl sites for hydroxylation is 1. The fourth-order valence-electron chi connectivity index (χ4n) is 2.60. The third-order valence-corrected chi connectivity index (χ3v) is 4.75. The molecule has 0 spiro atoms. The monoisotopic (exact) mass is 334 g/mol. The number of rotatable bonds is 4. The molecule has 1 unspecified atom stereocenters. The maximum atomic E-state index is 13.0. The summed E-state index contributed by atoms with van der Waals surface area (Å²) in [6.45, 7) is 3.92. The Hall–Kier alpha value is -1.79. The van der Waals surface area contributed by atoms with Gasteiger partial charge in [0.1, 0.15) is 5.82 Å². The van der Waals surface area contributed by atoms with Crippen LogP contribution < -0.4 is 0 Å². The highest BCUT2D eigenvalue weighted by molar-refractivity contribution is 7.09. The van der Waals surface area contributed by atoms with Crippen molar-refractivity contribution in [1.82, 2.24) is 9.88 Å². The maximum absolute atomic E-state index is 13.0. The molecule has 6 heteroatoms. The highest BCUT2D eigenvalue weighted by atomic mass is 32.1. The SMILES string of the molecule is CC1CN(C(=O)CCc2nc(-c3ccc(F)cc3)cs2)CCO1. The van der Waals surface area contributed by atoms with Crippen molar-refractivity contribution in [2.75, 3.05) is 19.7 Å². The van der Waals surface area contributed by atoms with Crippen LogP contribution in [0, 0.1) is 5.82 Å². The van der Waals surface area contributed by atoms with Gasteiger partial charge in [-0.25, -0.2) is 9.37 Å². The fraction of sp³-hybridized carbons (Fsp3) is 0.412. The van der Waals surface area contributed by atoms with Crippen molar-refractivity contribution >= 4 is 17.2 Å². The molecule has 0 radical (unpaired) electrons. The Kier molecular flexibility index (Phi) is 5.03. The highest BCUT2D eigenvalue weighted by Gasteiger charge is 2.21. The first-order chi connectivity index (χ1) is 11.1. The van der Waals surface area contributed by atoms with Crippen LogP contribution in [-0.2, 0) is 16.0 Å². The van der Waals surface area contributed by atoms with Gasteiger partial charge < -0.3 is 9.64 Å². The van der Waals surface area contributed by atoms with E-state index in [1.54, 1.807) is 12.1 Å². The summed E-state index contributed by atoms with van der Waals surface area (Å²) in [6, 6.07) is 6.29. The molecule has 3 rings (SSSR count). The Labute approximate surface area is 138 Å². The zero-order chi connectivity index (χ0) is 16.2. The van der Waals surface area contributed by atoms with E-state index in [1.165, 1.54) is 23.5 Å². The Morgan fingerprint density at radius 1 is 1.43 bits per heavy atom. The van der Waals surface area contributed by atoms with E-state index in [4.69, 9.17) is 4.74 Å². The van der Waals surface area contributed by atoms with E-state index in [0.29, 0.717) is 32.5 Å². The topological polar surface area (TPSA) is 42.4 Å². The van der Waals surface area contributed by atoms with Gasteiger partial charge >= 0.3 is 0 Å². The van der Waals surface area contributed by atoms with Gasteiger partial charge in [-0.05, 0) is 31.2 Å². The number of ether oxygens (including phenoxy) is 1. The Bertz CT molecular complexity index is 671. The summed E-state index contributed by atoms with van der Waals surface area (Å²) in [5, 5.41) is 2.88. The van der Waals surface area contributed by atoms with Gasteiger partial charge in [-0.3, -0.25) is 4.79 Å². The number of halogens is 1. The van der Waals surface area contributed by atoms with Crippen molar-refractivity contribution < 1.29 is 13.9 Å². The molecular weight excluding hydrogens is 315 g/mol. The van der Waals surface area contributed by atoms with Crippen LogP contribution in [0.2, 0.25) is 0 Å². The number of hydrogen-bond donors (Lipinski definition) is 0. The third-order valence-electron chi connectivity index (χ3n) is 3.84. The number of hydrogen-bond acceptors (Lipinski definition) is 4. The number of carbonyl (C=O) groups is 1. The van der Waals surface area contributed by atoms with Crippen LogP contribution in [-0.4, -0.2) is 41.6 Å². The first kappa shape index (κ1) is 16.1. The van der Waals surface area contributed by atoms with Crippen molar-refractivity contribution in [3.63, 3.8) is 0 Å². The molecule has 1 aromatic heterocycles. The lowest BCUT2D eigenvalue weighted by molar-refractivity contribution is -0.138. The molecule has 1 amide bonds. The van der Waals surface area contributed by atoms with Crippen molar-refractivity contribution in [1.29, 1.82) is 0 Å². The number of amides is 1. The van der Waals surface area contributed by atoms with Gasteiger partial charge in [0.15, 0.2) is 0 Å². The maximum Gasteiger partial charge on any atom is 0.223 e. The fourth-order valence-corrected chi connectivity index (χ4v) is 3.40. The second-order valence-corrected chi connectivity index (χ2v) is 6.60. The third kappa shape index (κ3) is 4.14. The number of carbonyl (C=O) groups excluding carboxylic acids is 1. The van der Waals surface area contributed by atoms with Gasteiger partial charge in [0, 0.05) is 36.9 Å². The average molecular weight is 334 g/mol. The normalized spacial score (nSPS) is 18.2. The largest absolute Gasteiger partial charge is 0.375 e. The van der Waals surface area contributed by atoms with E-state index in [9.17, 15) is 9.18 Å². The van der Waals surface area contributed by atoms with Crippen molar-refractivity contribution in [3.05, 3.63) is 40.5 Å². The molecule has 4 nitrogen and oxygen atoms in total. The van der Waals surface area contributed by atoms with Crippen molar-refractivity contribution in [2.45, 2.75) is 25.9 Å². The molecule has 0 saturated carbocycles. The van der Waals surface area contributed by atoms with Crippen molar-refractivity contribution in [3.8, 4) is 11.3 Å². The minimum absolute atomic E-state index is 0.109. The minimum Gasteiger partial charge on any atom is -0.375 e. The summed E-state index contributed by atoms with van der Waals surface area (Å²) in [7, 11) is 0. The molecule has 23 heavy (non-hydrogen) atoms. The lowest BCUT2D eigenvalue weighted by Gasteiger charge is -2.31. The van der Waals surface area contributed by atoms with Crippen molar-refractivity contribution in [2.24, 2.45) is 0 Å². The molecular formula is C17H19FN2O2S. The van der Waals surface area contributed by atoms with Crippen LogP contribution in [0.25, 0.3) is 11.3 Å². The number of thiazole rings is 1. The van der Waals surface area contributed by atoms with Gasteiger partial charge in [-0.1, -0.05) is 0 Å². The molecule has 1 aliphatic rings. The number of nitrogens with zero attached hydrogens (tertiary/aromatic N) is 2.